The fraction of sp³-hybridized carbons (Fsp3) is 0.538. The average molecular weight is 259 g/mol. The molecule has 1 heterocycles. The Kier molecular flexibility index (Phi) is 3.80. The van der Waals surface area contributed by atoms with Gasteiger partial charge in [0.2, 0.25) is 0 Å². The lowest BCUT2D eigenvalue weighted by atomic mass is 9.91. The average Bonchev–Trinajstić information content (AvgIpc) is 2.34. The van der Waals surface area contributed by atoms with Crippen LogP contribution in [0.1, 0.15) is 17.5 Å². The van der Waals surface area contributed by atoms with Crippen LogP contribution in [-0.2, 0) is 17.3 Å². The van der Waals surface area contributed by atoms with E-state index in [1.165, 1.54) is 6.07 Å². The molecule has 1 aliphatic rings. The van der Waals surface area contributed by atoms with E-state index < -0.39 is 11.7 Å². The van der Waals surface area contributed by atoms with E-state index in [4.69, 9.17) is 4.74 Å². The summed E-state index contributed by atoms with van der Waals surface area (Å²) < 4.78 is 42.7. The van der Waals surface area contributed by atoms with Gasteiger partial charge in [0.1, 0.15) is 0 Å². The van der Waals surface area contributed by atoms with Gasteiger partial charge < -0.3 is 10.1 Å². The van der Waals surface area contributed by atoms with Crippen molar-refractivity contribution in [3.8, 4) is 0 Å². The first-order chi connectivity index (χ1) is 8.50. The molecule has 0 saturated heterocycles. The summed E-state index contributed by atoms with van der Waals surface area (Å²) in [5.74, 6) is 0.425. The van der Waals surface area contributed by atoms with Crippen LogP contribution in [0, 0.1) is 5.92 Å². The first-order valence-corrected chi connectivity index (χ1v) is 5.93. The Balaban J connectivity index is 2.11. The van der Waals surface area contributed by atoms with E-state index in [9.17, 15) is 13.2 Å². The van der Waals surface area contributed by atoms with Crippen LogP contribution in [0.3, 0.4) is 0 Å². The zero-order valence-electron chi connectivity index (χ0n) is 10.2. The number of hydrogen-bond donors (Lipinski definition) is 1. The molecule has 0 aromatic heterocycles. The first-order valence-electron chi connectivity index (χ1n) is 5.93. The SMILES string of the molecule is COCCC1CNc2cc(C(F)(F)F)ccc2C1. The lowest BCUT2D eigenvalue weighted by Crippen LogP contribution is -2.24. The molecule has 5 heteroatoms. The van der Waals surface area contributed by atoms with E-state index >= 15 is 0 Å². The van der Waals surface area contributed by atoms with Gasteiger partial charge in [-0.05, 0) is 36.5 Å². The molecule has 2 nitrogen and oxygen atoms in total. The summed E-state index contributed by atoms with van der Waals surface area (Å²) in [7, 11) is 1.65. The monoisotopic (exact) mass is 259 g/mol. The Bertz CT molecular complexity index is 417. The quantitative estimate of drug-likeness (QED) is 0.899. The van der Waals surface area contributed by atoms with Crippen LogP contribution in [0.15, 0.2) is 18.2 Å². The highest BCUT2D eigenvalue weighted by Gasteiger charge is 2.31. The summed E-state index contributed by atoms with van der Waals surface area (Å²) >= 11 is 0. The minimum atomic E-state index is -4.27. The third kappa shape index (κ3) is 2.96. The molecule has 1 aromatic rings. The van der Waals surface area contributed by atoms with Crippen molar-refractivity contribution < 1.29 is 17.9 Å². The molecular formula is C13H16F3NO. The van der Waals surface area contributed by atoms with E-state index in [1.807, 2.05) is 0 Å². The summed E-state index contributed by atoms with van der Waals surface area (Å²) in [6.07, 6.45) is -2.54. The first kappa shape index (κ1) is 13.2. The molecule has 18 heavy (non-hydrogen) atoms. The van der Waals surface area contributed by atoms with Crippen molar-refractivity contribution in [2.24, 2.45) is 5.92 Å². The van der Waals surface area contributed by atoms with Crippen molar-refractivity contribution in [1.82, 2.24) is 0 Å². The number of nitrogens with one attached hydrogen (secondary N) is 1. The van der Waals surface area contributed by atoms with Crippen molar-refractivity contribution in [3.05, 3.63) is 29.3 Å². The Morgan fingerprint density at radius 1 is 1.39 bits per heavy atom. The van der Waals surface area contributed by atoms with Gasteiger partial charge in [0.25, 0.3) is 0 Å². The maximum Gasteiger partial charge on any atom is 0.416 e. The number of anilines is 1. The minimum Gasteiger partial charge on any atom is -0.385 e. The summed E-state index contributed by atoms with van der Waals surface area (Å²) in [4.78, 5) is 0. The molecule has 1 N–H and O–H groups in total. The highest BCUT2D eigenvalue weighted by atomic mass is 19.4. The predicted molar refractivity (Wildman–Crippen MR) is 63.6 cm³/mol. The number of hydrogen-bond acceptors (Lipinski definition) is 2. The van der Waals surface area contributed by atoms with Crippen molar-refractivity contribution in [3.63, 3.8) is 0 Å². The molecule has 1 aromatic carbocycles. The molecule has 0 bridgehead atoms. The van der Waals surface area contributed by atoms with Crippen LogP contribution in [0.4, 0.5) is 18.9 Å². The number of alkyl halides is 3. The van der Waals surface area contributed by atoms with Crippen molar-refractivity contribution in [1.29, 1.82) is 0 Å². The fourth-order valence-corrected chi connectivity index (χ4v) is 2.22. The van der Waals surface area contributed by atoms with Gasteiger partial charge in [-0.15, -0.1) is 0 Å². The standard InChI is InChI=1S/C13H16F3NO/c1-18-5-4-9-6-10-2-3-11(13(14,15)16)7-12(10)17-8-9/h2-3,7,9,17H,4-6,8H2,1H3. The Labute approximate surface area is 104 Å². The maximum absolute atomic E-state index is 12.6. The van der Waals surface area contributed by atoms with E-state index in [1.54, 1.807) is 13.2 Å². The van der Waals surface area contributed by atoms with E-state index in [0.29, 0.717) is 24.8 Å². The predicted octanol–water partition coefficient (Wildman–Crippen LogP) is 3.33. The zero-order valence-corrected chi connectivity index (χ0v) is 10.2. The molecule has 0 saturated carbocycles. The van der Waals surface area contributed by atoms with Gasteiger partial charge >= 0.3 is 6.18 Å². The molecule has 1 atom stereocenters. The summed E-state index contributed by atoms with van der Waals surface area (Å²) in [5, 5.41) is 3.08. The number of halogens is 3. The van der Waals surface area contributed by atoms with Gasteiger partial charge in [0.15, 0.2) is 0 Å². The Morgan fingerprint density at radius 2 is 2.17 bits per heavy atom. The zero-order chi connectivity index (χ0) is 13.2. The van der Waals surface area contributed by atoms with Crippen molar-refractivity contribution in [2.75, 3.05) is 25.6 Å². The van der Waals surface area contributed by atoms with Gasteiger partial charge in [0.05, 0.1) is 5.56 Å². The van der Waals surface area contributed by atoms with Gasteiger partial charge in [-0.2, -0.15) is 13.2 Å². The van der Waals surface area contributed by atoms with E-state index in [2.05, 4.69) is 5.32 Å². The third-order valence-electron chi connectivity index (χ3n) is 3.26. The molecule has 0 radical (unpaired) electrons. The molecular weight excluding hydrogens is 243 g/mol. The summed E-state index contributed by atoms with van der Waals surface area (Å²) in [6.45, 7) is 1.39. The smallest absolute Gasteiger partial charge is 0.385 e. The highest BCUT2D eigenvalue weighted by molar-refractivity contribution is 5.55. The number of ether oxygens (including phenoxy) is 1. The number of fused-ring (bicyclic) bond motifs is 1. The molecule has 100 valence electrons. The number of benzene rings is 1. The molecule has 1 aliphatic heterocycles. The van der Waals surface area contributed by atoms with E-state index in [-0.39, 0.29) is 0 Å². The lowest BCUT2D eigenvalue weighted by molar-refractivity contribution is -0.137. The third-order valence-corrected chi connectivity index (χ3v) is 3.26. The lowest BCUT2D eigenvalue weighted by Gasteiger charge is -2.26. The molecule has 0 fully saturated rings. The van der Waals surface area contributed by atoms with Crippen molar-refractivity contribution >= 4 is 5.69 Å². The Morgan fingerprint density at radius 3 is 2.83 bits per heavy atom. The van der Waals surface area contributed by atoms with Crippen LogP contribution in [0.2, 0.25) is 0 Å². The van der Waals surface area contributed by atoms with Crippen LogP contribution >= 0.6 is 0 Å². The summed E-state index contributed by atoms with van der Waals surface area (Å²) in [5.41, 5.74) is 0.970. The topological polar surface area (TPSA) is 21.3 Å². The molecule has 1 unspecified atom stereocenters. The van der Waals surface area contributed by atoms with Crippen LogP contribution in [0.25, 0.3) is 0 Å². The van der Waals surface area contributed by atoms with Crippen LogP contribution < -0.4 is 5.32 Å². The van der Waals surface area contributed by atoms with Crippen molar-refractivity contribution in [2.45, 2.75) is 19.0 Å². The largest absolute Gasteiger partial charge is 0.416 e. The van der Waals surface area contributed by atoms with Gasteiger partial charge in [0, 0.05) is 25.9 Å². The van der Waals surface area contributed by atoms with E-state index in [0.717, 1.165) is 24.5 Å². The molecule has 0 aliphatic carbocycles. The summed E-state index contributed by atoms with van der Waals surface area (Å²) in [6, 6.07) is 3.92. The van der Waals surface area contributed by atoms with Gasteiger partial charge in [-0.3, -0.25) is 0 Å². The number of rotatable bonds is 3. The highest BCUT2D eigenvalue weighted by Crippen LogP contribution is 2.34. The van der Waals surface area contributed by atoms with Gasteiger partial charge in [-0.25, -0.2) is 0 Å². The minimum absolute atomic E-state index is 0.425. The second-order valence-electron chi connectivity index (χ2n) is 4.60. The Hall–Kier alpha value is -1.23. The number of methoxy groups -OCH3 is 1. The second kappa shape index (κ2) is 5.18. The molecule has 2 rings (SSSR count). The second-order valence-corrected chi connectivity index (χ2v) is 4.60. The van der Waals surface area contributed by atoms with Gasteiger partial charge in [-0.1, -0.05) is 6.07 Å². The fourth-order valence-electron chi connectivity index (χ4n) is 2.22. The normalized spacial score (nSPS) is 19.2. The molecule has 0 amide bonds. The van der Waals surface area contributed by atoms with Crippen LogP contribution in [-0.4, -0.2) is 20.3 Å². The maximum atomic E-state index is 12.6. The van der Waals surface area contributed by atoms with Crippen LogP contribution in [0.5, 0.6) is 0 Å². The molecule has 0 spiro atoms.